The lowest BCUT2D eigenvalue weighted by molar-refractivity contribution is -0.0501. The normalized spacial score (nSPS) is 10.8. The number of thiazole rings is 1. The number of rotatable bonds is 6. The number of alkyl halides is 2. The maximum atomic E-state index is 12.3. The largest absolute Gasteiger partial charge is 0.434 e. The molecule has 0 aliphatic heterocycles. The molecule has 2 aromatic rings. The van der Waals surface area contributed by atoms with E-state index in [1.807, 2.05) is 13.8 Å². The third kappa shape index (κ3) is 4.00. The van der Waals surface area contributed by atoms with E-state index in [1.54, 1.807) is 6.07 Å². The molecule has 1 amide bonds. The first-order valence-electron chi connectivity index (χ1n) is 6.78. The van der Waals surface area contributed by atoms with Gasteiger partial charge in [0.05, 0.1) is 22.8 Å². The topological polar surface area (TPSA) is 51.2 Å². The summed E-state index contributed by atoms with van der Waals surface area (Å²) in [6, 6.07) is 5.92. The van der Waals surface area contributed by atoms with E-state index in [9.17, 15) is 13.6 Å². The first-order chi connectivity index (χ1) is 10.5. The fourth-order valence-corrected chi connectivity index (χ4v) is 2.86. The second-order valence-corrected chi connectivity index (χ2v) is 5.70. The summed E-state index contributed by atoms with van der Waals surface area (Å²) in [5.74, 6) is -0.590. The van der Waals surface area contributed by atoms with Crippen molar-refractivity contribution in [3.8, 4) is 5.75 Å². The van der Waals surface area contributed by atoms with Crippen LogP contribution in [0.25, 0.3) is 0 Å². The fourth-order valence-electron chi connectivity index (χ4n) is 1.91. The summed E-state index contributed by atoms with van der Waals surface area (Å²) in [6.45, 7) is 1.24. The SMILES string of the molecule is CCc1nc(C)c(CNC(=O)c2ccccc2OC(F)F)s1. The van der Waals surface area contributed by atoms with Crippen molar-refractivity contribution in [2.24, 2.45) is 0 Å². The van der Waals surface area contributed by atoms with Crippen molar-refractivity contribution in [1.29, 1.82) is 0 Å². The third-order valence-electron chi connectivity index (χ3n) is 3.00. The summed E-state index contributed by atoms with van der Waals surface area (Å²) in [7, 11) is 0. The Morgan fingerprint density at radius 3 is 2.77 bits per heavy atom. The van der Waals surface area contributed by atoms with Gasteiger partial charge in [-0.25, -0.2) is 4.98 Å². The summed E-state index contributed by atoms with van der Waals surface area (Å²) in [6.07, 6.45) is 0.838. The number of para-hydroxylation sites is 1. The number of carbonyl (C=O) groups is 1. The number of ether oxygens (including phenoxy) is 1. The van der Waals surface area contributed by atoms with Gasteiger partial charge in [-0.1, -0.05) is 19.1 Å². The van der Waals surface area contributed by atoms with Crippen LogP contribution in [0.3, 0.4) is 0 Å². The van der Waals surface area contributed by atoms with Crippen molar-refractivity contribution in [3.05, 3.63) is 45.4 Å². The molecule has 0 saturated heterocycles. The smallest absolute Gasteiger partial charge is 0.387 e. The van der Waals surface area contributed by atoms with Crippen molar-refractivity contribution in [2.45, 2.75) is 33.4 Å². The summed E-state index contributed by atoms with van der Waals surface area (Å²) in [5.41, 5.74) is 0.958. The summed E-state index contributed by atoms with van der Waals surface area (Å²) < 4.78 is 29.1. The van der Waals surface area contributed by atoms with Gasteiger partial charge >= 0.3 is 6.61 Å². The van der Waals surface area contributed by atoms with Crippen LogP contribution >= 0.6 is 11.3 Å². The Labute approximate surface area is 131 Å². The third-order valence-corrected chi connectivity index (χ3v) is 4.30. The first kappa shape index (κ1) is 16.4. The van der Waals surface area contributed by atoms with E-state index in [0.717, 1.165) is 22.0 Å². The van der Waals surface area contributed by atoms with Crippen LogP contribution in [-0.4, -0.2) is 17.5 Å². The molecule has 1 N–H and O–H groups in total. The van der Waals surface area contributed by atoms with Crippen LogP contribution in [0.1, 0.15) is 32.9 Å². The predicted molar refractivity (Wildman–Crippen MR) is 80.5 cm³/mol. The van der Waals surface area contributed by atoms with Gasteiger partial charge in [0.15, 0.2) is 0 Å². The highest BCUT2D eigenvalue weighted by atomic mass is 32.1. The number of carbonyl (C=O) groups excluding carboxylic acids is 1. The molecule has 2 rings (SSSR count). The molecule has 0 atom stereocenters. The van der Waals surface area contributed by atoms with E-state index >= 15 is 0 Å². The Hall–Kier alpha value is -2.02. The first-order valence-corrected chi connectivity index (χ1v) is 7.60. The second kappa shape index (κ2) is 7.31. The minimum absolute atomic E-state index is 0.0840. The van der Waals surface area contributed by atoms with E-state index in [2.05, 4.69) is 15.0 Å². The number of aryl methyl sites for hydroxylation is 2. The number of hydrogen-bond donors (Lipinski definition) is 1. The molecule has 118 valence electrons. The van der Waals surface area contributed by atoms with Gasteiger partial charge in [0.25, 0.3) is 5.91 Å². The Balaban J connectivity index is 2.07. The lowest BCUT2D eigenvalue weighted by Crippen LogP contribution is -2.23. The van der Waals surface area contributed by atoms with Gasteiger partial charge < -0.3 is 10.1 Å². The Bertz CT molecular complexity index is 659. The van der Waals surface area contributed by atoms with Gasteiger partial charge in [-0.15, -0.1) is 11.3 Å². The van der Waals surface area contributed by atoms with Crippen LogP contribution in [0.5, 0.6) is 5.75 Å². The lowest BCUT2D eigenvalue weighted by Gasteiger charge is -2.10. The Morgan fingerprint density at radius 1 is 1.41 bits per heavy atom. The zero-order valence-corrected chi connectivity index (χ0v) is 13.0. The van der Waals surface area contributed by atoms with Crippen molar-refractivity contribution < 1.29 is 18.3 Å². The van der Waals surface area contributed by atoms with Gasteiger partial charge in [0.2, 0.25) is 0 Å². The summed E-state index contributed by atoms with van der Waals surface area (Å²) in [5, 5.41) is 3.72. The van der Waals surface area contributed by atoms with Gasteiger partial charge in [-0.05, 0) is 25.5 Å². The molecule has 0 fully saturated rings. The van der Waals surface area contributed by atoms with Crippen LogP contribution in [0.15, 0.2) is 24.3 Å². The van der Waals surface area contributed by atoms with Crippen molar-refractivity contribution in [2.75, 3.05) is 0 Å². The predicted octanol–water partition coefficient (Wildman–Crippen LogP) is 3.55. The number of nitrogens with zero attached hydrogens (tertiary/aromatic N) is 1. The molecule has 7 heteroatoms. The maximum absolute atomic E-state index is 12.3. The summed E-state index contributed by atoms with van der Waals surface area (Å²) in [4.78, 5) is 17.5. The highest BCUT2D eigenvalue weighted by molar-refractivity contribution is 7.11. The van der Waals surface area contributed by atoms with E-state index < -0.39 is 12.5 Å². The monoisotopic (exact) mass is 326 g/mol. The number of hydrogen-bond acceptors (Lipinski definition) is 4. The van der Waals surface area contributed by atoms with E-state index in [0.29, 0.717) is 6.54 Å². The van der Waals surface area contributed by atoms with Crippen LogP contribution in [0.2, 0.25) is 0 Å². The number of nitrogens with one attached hydrogen (secondary N) is 1. The molecule has 1 aromatic heterocycles. The molecule has 0 unspecified atom stereocenters. The molecule has 0 radical (unpaired) electrons. The van der Waals surface area contributed by atoms with Crippen LogP contribution in [0, 0.1) is 6.92 Å². The molecule has 0 aliphatic carbocycles. The highest BCUT2D eigenvalue weighted by Gasteiger charge is 2.16. The molecule has 0 saturated carbocycles. The maximum Gasteiger partial charge on any atom is 0.387 e. The Kier molecular flexibility index (Phi) is 5.43. The van der Waals surface area contributed by atoms with Crippen molar-refractivity contribution in [1.82, 2.24) is 10.3 Å². The fraction of sp³-hybridized carbons (Fsp3) is 0.333. The average Bonchev–Trinajstić information content (AvgIpc) is 2.85. The molecule has 0 spiro atoms. The van der Waals surface area contributed by atoms with E-state index in [4.69, 9.17) is 0 Å². The van der Waals surface area contributed by atoms with Crippen molar-refractivity contribution >= 4 is 17.2 Å². The van der Waals surface area contributed by atoms with Crippen molar-refractivity contribution in [3.63, 3.8) is 0 Å². The number of benzene rings is 1. The highest BCUT2D eigenvalue weighted by Crippen LogP contribution is 2.21. The van der Waals surface area contributed by atoms with Gasteiger partial charge in [-0.3, -0.25) is 4.79 Å². The van der Waals surface area contributed by atoms with Crippen LogP contribution in [0.4, 0.5) is 8.78 Å². The zero-order chi connectivity index (χ0) is 16.1. The molecule has 1 aromatic carbocycles. The molecular formula is C15H16F2N2O2S. The van der Waals surface area contributed by atoms with Crippen LogP contribution < -0.4 is 10.1 Å². The molecule has 22 heavy (non-hydrogen) atoms. The Morgan fingerprint density at radius 2 is 2.14 bits per heavy atom. The quantitative estimate of drug-likeness (QED) is 0.883. The van der Waals surface area contributed by atoms with E-state index in [-0.39, 0.29) is 11.3 Å². The van der Waals surface area contributed by atoms with Gasteiger partial charge in [-0.2, -0.15) is 8.78 Å². The average molecular weight is 326 g/mol. The second-order valence-electron chi connectivity index (χ2n) is 4.53. The van der Waals surface area contributed by atoms with Crippen LogP contribution in [-0.2, 0) is 13.0 Å². The minimum atomic E-state index is -2.97. The lowest BCUT2D eigenvalue weighted by atomic mass is 10.2. The number of halogens is 2. The summed E-state index contributed by atoms with van der Waals surface area (Å²) >= 11 is 1.53. The van der Waals surface area contributed by atoms with Gasteiger partial charge in [0, 0.05) is 4.88 Å². The molecule has 0 bridgehead atoms. The molecular weight excluding hydrogens is 310 g/mol. The number of aromatic nitrogens is 1. The molecule has 4 nitrogen and oxygen atoms in total. The molecule has 0 aliphatic rings. The number of amides is 1. The standard InChI is InChI=1S/C15H16F2N2O2S/c1-3-13-19-9(2)12(22-13)8-18-14(20)10-6-4-5-7-11(10)21-15(16)17/h4-7,15H,3,8H2,1-2H3,(H,18,20). The zero-order valence-electron chi connectivity index (χ0n) is 12.2. The molecule has 1 heterocycles. The minimum Gasteiger partial charge on any atom is -0.434 e. The van der Waals surface area contributed by atoms with Gasteiger partial charge in [0.1, 0.15) is 5.75 Å². The van der Waals surface area contributed by atoms with E-state index in [1.165, 1.54) is 29.5 Å².